The van der Waals surface area contributed by atoms with Gasteiger partial charge in [0.15, 0.2) is 0 Å². The van der Waals surface area contributed by atoms with Gasteiger partial charge in [0.25, 0.3) is 0 Å². The predicted molar refractivity (Wildman–Crippen MR) is 68.8 cm³/mol. The first-order chi connectivity index (χ1) is 7.74. The Morgan fingerprint density at radius 2 is 2.25 bits per heavy atom. The van der Waals surface area contributed by atoms with Crippen LogP contribution in [-0.2, 0) is 11.3 Å². The summed E-state index contributed by atoms with van der Waals surface area (Å²) in [7, 11) is 0. The Morgan fingerprint density at radius 3 is 2.94 bits per heavy atom. The molecule has 0 saturated heterocycles. The number of benzene rings is 1. The molecule has 1 aromatic rings. The summed E-state index contributed by atoms with van der Waals surface area (Å²) in [5.74, 6) is 0. The molecular formula is C13H18ClNO. The smallest absolute Gasteiger partial charge is 0.0735 e. The maximum absolute atomic E-state index is 6.03. The Bertz CT molecular complexity index is 327. The van der Waals surface area contributed by atoms with Crippen LogP contribution in [0.1, 0.15) is 12.5 Å². The zero-order valence-corrected chi connectivity index (χ0v) is 10.3. The average Bonchev–Trinajstić information content (AvgIpc) is 2.28. The highest BCUT2D eigenvalue weighted by Crippen LogP contribution is 2.16. The number of hydrogen-bond donors (Lipinski definition) is 1. The van der Waals surface area contributed by atoms with E-state index in [0.717, 1.165) is 23.7 Å². The molecule has 0 aliphatic heterocycles. The Hall–Kier alpha value is -0.830. The van der Waals surface area contributed by atoms with Crippen LogP contribution in [0.15, 0.2) is 36.9 Å². The zero-order valence-electron chi connectivity index (χ0n) is 9.58. The molecule has 0 aromatic heterocycles. The van der Waals surface area contributed by atoms with E-state index in [2.05, 4.69) is 11.9 Å². The predicted octanol–water partition coefficient (Wildman–Crippen LogP) is 3.02. The molecule has 88 valence electrons. The van der Waals surface area contributed by atoms with Crippen molar-refractivity contribution in [3.05, 3.63) is 47.5 Å². The van der Waals surface area contributed by atoms with E-state index in [4.69, 9.17) is 16.3 Å². The third-order valence-corrected chi connectivity index (χ3v) is 2.57. The van der Waals surface area contributed by atoms with Crippen LogP contribution in [0.3, 0.4) is 0 Å². The van der Waals surface area contributed by atoms with Crippen LogP contribution in [0.25, 0.3) is 0 Å². The van der Waals surface area contributed by atoms with Crippen molar-refractivity contribution >= 4 is 11.6 Å². The maximum Gasteiger partial charge on any atom is 0.0735 e. The van der Waals surface area contributed by atoms with Gasteiger partial charge in [-0.1, -0.05) is 35.9 Å². The molecule has 0 saturated carbocycles. The van der Waals surface area contributed by atoms with Crippen LogP contribution >= 0.6 is 11.6 Å². The lowest BCUT2D eigenvalue weighted by molar-refractivity contribution is 0.0539. The first-order valence-electron chi connectivity index (χ1n) is 5.40. The molecule has 0 bridgehead atoms. The van der Waals surface area contributed by atoms with Crippen LogP contribution in [0.5, 0.6) is 0 Å². The topological polar surface area (TPSA) is 21.3 Å². The molecule has 0 spiro atoms. The van der Waals surface area contributed by atoms with Gasteiger partial charge in [0.2, 0.25) is 0 Å². The summed E-state index contributed by atoms with van der Waals surface area (Å²) in [6.07, 6.45) is 2.00. The SMILES string of the molecule is C=CCNCC(C)OCc1ccccc1Cl. The highest BCUT2D eigenvalue weighted by Gasteiger charge is 2.03. The maximum atomic E-state index is 6.03. The van der Waals surface area contributed by atoms with Gasteiger partial charge in [0, 0.05) is 18.1 Å². The van der Waals surface area contributed by atoms with Crippen LogP contribution in [0.4, 0.5) is 0 Å². The third-order valence-electron chi connectivity index (χ3n) is 2.20. The molecule has 0 heterocycles. The van der Waals surface area contributed by atoms with Crippen molar-refractivity contribution in [3.8, 4) is 0 Å². The van der Waals surface area contributed by atoms with Crippen LogP contribution in [0.2, 0.25) is 5.02 Å². The minimum atomic E-state index is 0.163. The van der Waals surface area contributed by atoms with Gasteiger partial charge in [-0.15, -0.1) is 6.58 Å². The van der Waals surface area contributed by atoms with Crippen molar-refractivity contribution in [2.75, 3.05) is 13.1 Å². The molecule has 1 rings (SSSR count). The number of nitrogens with one attached hydrogen (secondary N) is 1. The molecular weight excluding hydrogens is 222 g/mol. The molecule has 16 heavy (non-hydrogen) atoms. The molecule has 2 nitrogen and oxygen atoms in total. The van der Waals surface area contributed by atoms with Gasteiger partial charge in [-0.05, 0) is 18.6 Å². The summed E-state index contributed by atoms with van der Waals surface area (Å²) < 4.78 is 5.67. The molecule has 1 atom stereocenters. The number of rotatable bonds is 7. The molecule has 0 amide bonds. The van der Waals surface area contributed by atoms with E-state index in [1.807, 2.05) is 37.3 Å². The molecule has 0 aliphatic carbocycles. The fourth-order valence-electron chi connectivity index (χ4n) is 1.30. The quantitative estimate of drug-likeness (QED) is 0.584. The van der Waals surface area contributed by atoms with Crippen molar-refractivity contribution in [1.82, 2.24) is 5.32 Å². The largest absolute Gasteiger partial charge is 0.372 e. The minimum Gasteiger partial charge on any atom is -0.372 e. The fourth-order valence-corrected chi connectivity index (χ4v) is 1.49. The Morgan fingerprint density at radius 1 is 1.50 bits per heavy atom. The Balaban J connectivity index is 2.28. The second-order valence-electron chi connectivity index (χ2n) is 3.66. The van der Waals surface area contributed by atoms with Gasteiger partial charge in [-0.25, -0.2) is 0 Å². The minimum absolute atomic E-state index is 0.163. The van der Waals surface area contributed by atoms with Crippen LogP contribution in [-0.4, -0.2) is 19.2 Å². The standard InChI is InChI=1S/C13H18ClNO/c1-3-8-15-9-11(2)16-10-12-6-4-5-7-13(12)14/h3-7,11,15H,1,8-10H2,2H3. The van der Waals surface area contributed by atoms with E-state index in [1.165, 1.54) is 0 Å². The first kappa shape index (κ1) is 13.2. The van der Waals surface area contributed by atoms with Gasteiger partial charge in [-0.3, -0.25) is 0 Å². The highest BCUT2D eigenvalue weighted by atomic mass is 35.5. The normalized spacial score (nSPS) is 12.4. The van der Waals surface area contributed by atoms with Crippen molar-refractivity contribution in [2.45, 2.75) is 19.6 Å². The number of ether oxygens (including phenoxy) is 1. The third kappa shape index (κ3) is 4.79. The number of halogens is 1. The molecule has 1 N–H and O–H groups in total. The summed E-state index contributed by atoms with van der Waals surface area (Å²) in [5, 5.41) is 3.97. The Kier molecular flexibility index (Phi) is 6.16. The van der Waals surface area contributed by atoms with Crippen LogP contribution < -0.4 is 5.32 Å². The van der Waals surface area contributed by atoms with Crippen LogP contribution in [0, 0.1) is 0 Å². The lowest BCUT2D eigenvalue weighted by Gasteiger charge is -2.13. The lowest BCUT2D eigenvalue weighted by Crippen LogP contribution is -2.26. The summed E-state index contributed by atoms with van der Waals surface area (Å²) in [6.45, 7) is 7.85. The molecule has 0 aliphatic rings. The monoisotopic (exact) mass is 239 g/mol. The van der Waals surface area contributed by atoms with E-state index >= 15 is 0 Å². The molecule has 1 unspecified atom stereocenters. The van der Waals surface area contributed by atoms with Gasteiger partial charge < -0.3 is 10.1 Å². The van der Waals surface area contributed by atoms with Crippen molar-refractivity contribution in [3.63, 3.8) is 0 Å². The summed E-state index contributed by atoms with van der Waals surface area (Å²) in [5.41, 5.74) is 1.03. The zero-order chi connectivity index (χ0) is 11.8. The summed E-state index contributed by atoms with van der Waals surface area (Å²) in [4.78, 5) is 0. The molecule has 0 fully saturated rings. The van der Waals surface area contributed by atoms with Gasteiger partial charge in [0.1, 0.15) is 0 Å². The summed E-state index contributed by atoms with van der Waals surface area (Å²) in [6, 6.07) is 7.74. The lowest BCUT2D eigenvalue weighted by atomic mass is 10.2. The second-order valence-corrected chi connectivity index (χ2v) is 4.07. The van der Waals surface area contributed by atoms with E-state index in [9.17, 15) is 0 Å². The molecule has 0 radical (unpaired) electrons. The summed E-state index contributed by atoms with van der Waals surface area (Å²) >= 11 is 6.03. The average molecular weight is 240 g/mol. The van der Waals surface area contributed by atoms with E-state index in [-0.39, 0.29) is 6.10 Å². The number of hydrogen-bond acceptors (Lipinski definition) is 2. The van der Waals surface area contributed by atoms with Crippen molar-refractivity contribution < 1.29 is 4.74 Å². The van der Waals surface area contributed by atoms with E-state index in [0.29, 0.717) is 6.61 Å². The fraction of sp³-hybridized carbons (Fsp3) is 0.385. The first-order valence-corrected chi connectivity index (χ1v) is 5.78. The highest BCUT2D eigenvalue weighted by molar-refractivity contribution is 6.31. The molecule has 3 heteroatoms. The van der Waals surface area contributed by atoms with E-state index in [1.54, 1.807) is 0 Å². The van der Waals surface area contributed by atoms with Gasteiger partial charge in [0.05, 0.1) is 12.7 Å². The van der Waals surface area contributed by atoms with Gasteiger partial charge >= 0.3 is 0 Å². The van der Waals surface area contributed by atoms with E-state index < -0.39 is 0 Å². The van der Waals surface area contributed by atoms with Crippen molar-refractivity contribution in [1.29, 1.82) is 0 Å². The Labute approximate surface area is 102 Å². The van der Waals surface area contributed by atoms with Gasteiger partial charge in [-0.2, -0.15) is 0 Å². The van der Waals surface area contributed by atoms with Crippen molar-refractivity contribution in [2.24, 2.45) is 0 Å². The second kappa shape index (κ2) is 7.44. The molecule has 1 aromatic carbocycles.